The van der Waals surface area contributed by atoms with Gasteiger partial charge < -0.3 is 15.3 Å². The maximum Gasteiger partial charge on any atom is 0.329 e. The smallest absolute Gasteiger partial charge is 0.329 e. The van der Waals surface area contributed by atoms with E-state index in [1.807, 2.05) is 13.0 Å². The van der Waals surface area contributed by atoms with E-state index in [1.165, 1.54) is 0 Å². The van der Waals surface area contributed by atoms with Crippen molar-refractivity contribution in [3.63, 3.8) is 0 Å². The lowest BCUT2D eigenvalue weighted by Crippen LogP contribution is -2.59. The van der Waals surface area contributed by atoms with Crippen LogP contribution < -0.4 is 5.32 Å². The first-order valence-electron chi connectivity index (χ1n) is 7.29. The molecule has 2 N–H and O–H groups in total. The number of carboxylic acids is 1. The van der Waals surface area contributed by atoms with Crippen molar-refractivity contribution in [2.24, 2.45) is 5.92 Å². The van der Waals surface area contributed by atoms with E-state index < -0.39 is 11.5 Å². The van der Waals surface area contributed by atoms with Crippen LogP contribution in [-0.2, 0) is 4.79 Å². The molecule has 1 aliphatic rings. The van der Waals surface area contributed by atoms with Gasteiger partial charge in [0.05, 0.1) is 0 Å². The number of urea groups is 1. The fourth-order valence-electron chi connectivity index (χ4n) is 2.79. The van der Waals surface area contributed by atoms with Gasteiger partial charge in [0.1, 0.15) is 5.54 Å². The Morgan fingerprint density at radius 1 is 1.55 bits per heavy atom. The molecule has 0 aromatic carbocycles. The van der Waals surface area contributed by atoms with Crippen molar-refractivity contribution in [3.8, 4) is 0 Å². The maximum absolute atomic E-state index is 12.1. The van der Waals surface area contributed by atoms with E-state index >= 15 is 0 Å². The van der Waals surface area contributed by atoms with Crippen LogP contribution in [0, 0.1) is 5.92 Å². The van der Waals surface area contributed by atoms with Gasteiger partial charge in [-0.3, -0.25) is 0 Å². The summed E-state index contributed by atoms with van der Waals surface area (Å²) in [6, 6.07) is -0.300. The van der Waals surface area contributed by atoms with Crippen LogP contribution in [0.5, 0.6) is 0 Å². The Labute approximate surface area is 121 Å². The van der Waals surface area contributed by atoms with Gasteiger partial charge in [0.15, 0.2) is 0 Å². The van der Waals surface area contributed by atoms with E-state index in [0.29, 0.717) is 25.3 Å². The second-order valence-electron chi connectivity index (χ2n) is 5.87. The van der Waals surface area contributed by atoms with Crippen molar-refractivity contribution in [3.05, 3.63) is 12.7 Å². The topological polar surface area (TPSA) is 69.6 Å². The molecule has 2 atom stereocenters. The van der Waals surface area contributed by atoms with Crippen molar-refractivity contribution < 1.29 is 14.7 Å². The number of rotatable bonds is 6. The van der Waals surface area contributed by atoms with E-state index in [1.54, 1.807) is 11.9 Å². The Kier molecular flexibility index (Phi) is 6.05. The third-order valence-corrected chi connectivity index (χ3v) is 4.00. The Morgan fingerprint density at radius 2 is 2.25 bits per heavy atom. The van der Waals surface area contributed by atoms with Crippen molar-refractivity contribution >= 4 is 12.0 Å². The summed E-state index contributed by atoms with van der Waals surface area (Å²) in [5, 5.41) is 12.3. The molecule has 0 heterocycles. The first-order chi connectivity index (χ1) is 9.41. The number of nitrogens with zero attached hydrogens (tertiary/aromatic N) is 1. The molecular weight excluding hydrogens is 256 g/mol. The molecule has 5 nitrogen and oxygen atoms in total. The summed E-state index contributed by atoms with van der Waals surface area (Å²) in [7, 11) is 1.69. The zero-order chi connectivity index (χ0) is 15.2. The van der Waals surface area contributed by atoms with Crippen molar-refractivity contribution in [2.45, 2.75) is 51.0 Å². The molecule has 0 aromatic heterocycles. The van der Waals surface area contributed by atoms with Gasteiger partial charge in [0.2, 0.25) is 0 Å². The number of hydrogen-bond acceptors (Lipinski definition) is 2. The van der Waals surface area contributed by atoms with Crippen LogP contribution in [0.4, 0.5) is 4.79 Å². The zero-order valence-corrected chi connectivity index (χ0v) is 12.5. The molecule has 0 saturated heterocycles. The van der Waals surface area contributed by atoms with Crippen LogP contribution in [0.3, 0.4) is 0 Å². The van der Waals surface area contributed by atoms with Crippen LogP contribution >= 0.6 is 0 Å². The van der Waals surface area contributed by atoms with Crippen molar-refractivity contribution in [1.82, 2.24) is 10.2 Å². The highest BCUT2D eigenvalue weighted by atomic mass is 16.4. The molecule has 0 bridgehead atoms. The average Bonchev–Trinajstić information content (AvgIpc) is 2.38. The number of amides is 2. The van der Waals surface area contributed by atoms with Crippen LogP contribution in [0.15, 0.2) is 12.7 Å². The van der Waals surface area contributed by atoms with E-state index in [2.05, 4.69) is 11.9 Å². The fourth-order valence-corrected chi connectivity index (χ4v) is 2.79. The first kappa shape index (κ1) is 16.5. The maximum atomic E-state index is 12.1. The minimum atomic E-state index is -1.10. The SMILES string of the molecule is C=CCCCN(C)C(=O)NC1(C(=O)O)CCCC(C)C1. The summed E-state index contributed by atoms with van der Waals surface area (Å²) < 4.78 is 0. The number of carboxylic acid groups (broad SMARTS) is 1. The van der Waals surface area contributed by atoms with Gasteiger partial charge in [-0.2, -0.15) is 0 Å². The number of carbonyl (C=O) groups is 2. The van der Waals surface area contributed by atoms with E-state index in [0.717, 1.165) is 25.7 Å². The normalized spacial score (nSPS) is 25.8. The van der Waals surface area contributed by atoms with E-state index in [-0.39, 0.29) is 6.03 Å². The largest absolute Gasteiger partial charge is 0.480 e. The molecule has 1 fully saturated rings. The van der Waals surface area contributed by atoms with Gasteiger partial charge in [0, 0.05) is 13.6 Å². The molecule has 0 aromatic rings. The fraction of sp³-hybridized carbons (Fsp3) is 0.733. The molecule has 2 amide bonds. The van der Waals surface area contributed by atoms with Gasteiger partial charge >= 0.3 is 12.0 Å². The van der Waals surface area contributed by atoms with Gasteiger partial charge in [-0.1, -0.05) is 25.8 Å². The van der Waals surface area contributed by atoms with Crippen molar-refractivity contribution in [1.29, 1.82) is 0 Å². The molecule has 1 aliphatic carbocycles. The lowest BCUT2D eigenvalue weighted by molar-refractivity contribution is -0.146. The molecule has 1 saturated carbocycles. The molecule has 1 rings (SSSR count). The van der Waals surface area contributed by atoms with E-state index in [4.69, 9.17) is 0 Å². The molecule has 20 heavy (non-hydrogen) atoms. The Balaban J connectivity index is 2.63. The number of allylic oxidation sites excluding steroid dienone is 1. The van der Waals surface area contributed by atoms with Gasteiger partial charge in [-0.25, -0.2) is 9.59 Å². The summed E-state index contributed by atoms with van der Waals surface area (Å²) in [5.41, 5.74) is -1.10. The second kappa shape index (κ2) is 7.31. The minimum absolute atomic E-state index is 0.300. The van der Waals surface area contributed by atoms with Crippen LogP contribution in [0.25, 0.3) is 0 Å². The molecule has 0 radical (unpaired) electrons. The number of aliphatic carboxylic acids is 1. The number of nitrogens with one attached hydrogen (secondary N) is 1. The Bertz CT molecular complexity index is 370. The van der Waals surface area contributed by atoms with Crippen LogP contribution in [0.2, 0.25) is 0 Å². The summed E-state index contributed by atoms with van der Waals surface area (Å²) in [6.07, 6.45) is 6.39. The van der Waals surface area contributed by atoms with Gasteiger partial charge in [-0.05, 0) is 31.6 Å². The van der Waals surface area contributed by atoms with Crippen LogP contribution in [-0.4, -0.2) is 41.1 Å². The highest BCUT2D eigenvalue weighted by Crippen LogP contribution is 2.32. The Morgan fingerprint density at radius 3 is 2.80 bits per heavy atom. The number of unbranched alkanes of at least 4 members (excludes halogenated alkanes) is 1. The molecule has 2 unspecified atom stereocenters. The lowest BCUT2D eigenvalue weighted by atomic mass is 9.76. The van der Waals surface area contributed by atoms with Gasteiger partial charge in [-0.15, -0.1) is 6.58 Å². The summed E-state index contributed by atoms with van der Waals surface area (Å²) in [4.78, 5) is 25.3. The summed E-state index contributed by atoms with van der Waals surface area (Å²) in [5.74, 6) is -0.594. The predicted octanol–water partition coefficient (Wildman–Crippen LogP) is 2.63. The predicted molar refractivity (Wildman–Crippen MR) is 78.6 cm³/mol. The molecule has 0 spiro atoms. The molecule has 114 valence electrons. The zero-order valence-electron chi connectivity index (χ0n) is 12.5. The first-order valence-corrected chi connectivity index (χ1v) is 7.29. The standard InChI is InChI=1S/C15H26N2O3/c1-4-5-6-10-17(3)14(20)16-15(13(18)19)9-7-8-12(2)11-15/h4,12H,1,5-11H2,2-3H3,(H,16,20)(H,18,19). The van der Waals surface area contributed by atoms with Crippen molar-refractivity contribution in [2.75, 3.05) is 13.6 Å². The number of hydrogen-bond donors (Lipinski definition) is 2. The summed E-state index contributed by atoms with van der Waals surface area (Å²) >= 11 is 0. The van der Waals surface area contributed by atoms with E-state index in [9.17, 15) is 14.7 Å². The quantitative estimate of drug-likeness (QED) is 0.581. The highest BCUT2D eigenvalue weighted by Gasteiger charge is 2.43. The van der Waals surface area contributed by atoms with Gasteiger partial charge in [0.25, 0.3) is 0 Å². The monoisotopic (exact) mass is 282 g/mol. The van der Waals surface area contributed by atoms with Crippen LogP contribution in [0.1, 0.15) is 45.4 Å². The molecular formula is C15H26N2O3. The Hall–Kier alpha value is -1.52. The number of carbonyl (C=O) groups excluding carboxylic acids is 1. The highest BCUT2D eigenvalue weighted by molar-refractivity contribution is 5.86. The lowest BCUT2D eigenvalue weighted by Gasteiger charge is -2.38. The third-order valence-electron chi connectivity index (χ3n) is 4.00. The molecule has 0 aliphatic heterocycles. The second-order valence-corrected chi connectivity index (χ2v) is 5.87. The average molecular weight is 282 g/mol. The minimum Gasteiger partial charge on any atom is -0.480 e. The molecule has 5 heteroatoms. The summed E-state index contributed by atoms with van der Waals surface area (Å²) in [6.45, 7) is 6.28. The third kappa shape index (κ3) is 4.25.